The smallest absolute Gasteiger partial charge is 0.254 e. The quantitative estimate of drug-likeness (QED) is 0.905. The van der Waals surface area contributed by atoms with Crippen molar-refractivity contribution >= 4 is 23.4 Å². The summed E-state index contributed by atoms with van der Waals surface area (Å²) in [7, 11) is 3.17. The lowest BCUT2D eigenvalue weighted by molar-refractivity contribution is -0.124. The summed E-state index contributed by atoms with van der Waals surface area (Å²) in [6.07, 6.45) is -1.15. The van der Waals surface area contributed by atoms with Crippen molar-refractivity contribution < 1.29 is 19.4 Å². The Labute approximate surface area is 138 Å². The monoisotopic (exact) mass is 331 g/mol. The number of hydrogen-bond acceptors (Lipinski definition) is 5. The van der Waals surface area contributed by atoms with Gasteiger partial charge in [-0.3, -0.25) is 4.79 Å². The summed E-state index contributed by atoms with van der Waals surface area (Å²) in [5.41, 5.74) is 1.51. The molecule has 0 spiro atoms. The Morgan fingerprint density at radius 2 is 1.70 bits per heavy atom. The molecule has 0 bridgehead atoms. The third-order valence-electron chi connectivity index (χ3n) is 3.70. The van der Waals surface area contributed by atoms with Crippen LogP contribution in [0.25, 0.3) is 0 Å². The molecule has 2 N–H and O–H groups in total. The molecule has 5 nitrogen and oxygen atoms in total. The minimum absolute atomic E-state index is 0.393. The Morgan fingerprint density at radius 3 is 2.35 bits per heavy atom. The maximum Gasteiger partial charge on any atom is 0.254 e. The van der Waals surface area contributed by atoms with Gasteiger partial charge in [-0.15, -0.1) is 11.8 Å². The summed E-state index contributed by atoms with van der Waals surface area (Å²) in [5, 5.41) is 12.8. The van der Waals surface area contributed by atoms with Crippen LogP contribution in [0.4, 0.5) is 5.69 Å². The number of benzene rings is 2. The number of aliphatic hydroxyl groups excluding tert-OH is 1. The van der Waals surface area contributed by atoms with Crippen LogP contribution < -0.4 is 14.8 Å². The molecule has 0 unspecified atom stereocenters. The largest absolute Gasteiger partial charge is 0.497 e. The number of carbonyl (C=O) groups excluding carboxylic acids is 1. The van der Waals surface area contributed by atoms with E-state index in [9.17, 15) is 9.90 Å². The fourth-order valence-electron chi connectivity index (χ4n) is 2.43. The van der Waals surface area contributed by atoms with Gasteiger partial charge in [0.05, 0.1) is 25.2 Å². The van der Waals surface area contributed by atoms with E-state index in [1.165, 1.54) is 11.8 Å². The second-order valence-corrected chi connectivity index (χ2v) is 6.29. The molecule has 0 saturated heterocycles. The van der Waals surface area contributed by atoms with Gasteiger partial charge in [-0.05, 0) is 29.8 Å². The van der Waals surface area contributed by atoms with Gasteiger partial charge in [0.2, 0.25) is 0 Å². The molecule has 23 heavy (non-hydrogen) atoms. The molecule has 3 rings (SSSR count). The summed E-state index contributed by atoms with van der Waals surface area (Å²) in [5.74, 6) is 0.962. The average Bonchev–Trinajstić information content (AvgIpc) is 2.71. The summed E-state index contributed by atoms with van der Waals surface area (Å²) < 4.78 is 10.3. The second kappa shape index (κ2) is 6.52. The van der Waals surface area contributed by atoms with E-state index in [1.807, 2.05) is 36.4 Å². The first kappa shape index (κ1) is 15.7. The first-order chi connectivity index (χ1) is 11.1. The van der Waals surface area contributed by atoms with Crippen molar-refractivity contribution in [3.8, 4) is 11.5 Å². The van der Waals surface area contributed by atoms with Gasteiger partial charge in [0.25, 0.3) is 5.91 Å². The van der Waals surface area contributed by atoms with E-state index in [0.717, 1.165) is 16.2 Å². The van der Waals surface area contributed by atoms with Gasteiger partial charge in [-0.1, -0.05) is 12.1 Å². The Balaban J connectivity index is 1.97. The summed E-state index contributed by atoms with van der Waals surface area (Å²) in [6.45, 7) is 0. The maximum atomic E-state index is 12.2. The highest BCUT2D eigenvalue weighted by Gasteiger charge is 2.32. The molecule has 2 aromatic rings. The van der Waals surface area contributed by atoms with Gasteiger partial charge in [0.15, 0.2) is 0 Å². The third kappa shape index (κ3) is 3.13. The zero-order chi connectivity index (χ0) is 16.4. The van der Waals surface area contributed by atoms with Crippen LogP contribution in [-0.4, -0.2) is 31.3 Å². The Hall–Kier alpha value is -2.18. The van der Waals surface area contributed by atoms with Crippen molar-refractivity contribution in [1.29, 1.82) is 0 Å². The van der Waals surface area contributed by atoms with Crippen molar-refractivity contribution in [2.45, 2.75) is 16.2 Å². The summed E-state index contributed by atoms with van der Waals surface area (Å²) in [6, 6.07) is 12.8. The van der Waals surface area contributed by atoms with E-state index in [0.29, 0.717) is 11.4 Å². The van der Waals surface area contributed by atoms with Gasteiger partial charge in [0.1, 0.15) is 17.6 Å². The van der Waals surface area contributed by atoms with Crippen LogP contribution in [0.2, 0.25) is 0 Å². The minimum atomic E-state index is -1.15. The highest BCUT2D eigenvalue weighted by Crippen LogP contribution is 2.44. The Bertz CT molecular complexity index is 717. The zero-order valence-electron chi connectivity index (χ0n) is 12.8. The number of aliphatic hydroxyl groups is 1. The molecule has 0 aliphatic carbocycles. The fourth-order valence-corrected chi connectivity index (χ4v) is 3.63. The molecule has 2 aromatic carbocycles. The number of nitrogens with one attached hydrogen (secondary N) is 1. The second-order valence-electron chi connectivity index (χ2n) is 5.11. The summed E-state index contributed by atoms with van der Waals surface area (Å²) in [4.78, 5) is 13.1. The van der Waals surface area contributed by atoms with Crippen LogP contribution in [0.5, 0.6) is 11.5 Å². The van der Waals surface area contributed by atoms with Gasteiger partial charge >= 0.3 is 0 Å². The SMILES string of the molecule is COc1ccc([C@H]2Sc3ccc(OC)cc3NC(=O)[C@H]2O)cc1. The lowest BCUT2D eigenvalue weighted by Crippen LogP contribution is -2.30. The number of anilines is 1. The maximum absolute atomic E-state index is 12.2. The number of methoxy groups -OCH3 is 2. The lowest BCUT2D eigenvalue weighted by atomic mass is 10.1. The molecule has 1 heterocycles. The molecule has 0 radical (unpaired) electrons. The number of amides is 1. The van der Waals surface area contributed by atoms with E-state index >= 15 is 0 Å². The molecule has 0 saturated carbocycles. The topological polar surface area (TPSA) is 67.8 Å². The van der Waals surface area contributed by atoms with E-state index in [4.69, 9.17) is 9.47 Å². The number of rotatable bonds is 3. The van der Waals surface area contributed by atoms with Gasteiger partial charge in [-0.25, -0.2) is 0 Å². The predicted molar refractivity (Wildman–Crippen MR) is 89.2 cm³/mol. The van der Waals surface area contributed by atoms with Crippen LogP contribution in [0.15, 0.2) is 47.4 Å². The fraction of sp³-hybridized carbons (Fsp3) is 0.235. The first-order valence-corrected chi connectivity index (χ1v) is 7.98. The van der Waals surface area contributed by atoms with Crippen molar-refractivity contribution in [3.63, 3.8) is 0 Å². The highest BCUT2D eigenvalue weighted by atomic mass is 32.2. The molecule has 120 valence electrons. The predicted octanol–water partition coefficient (Wildman–Crippen LogP) is 2.85. The minimum Gasteiger partial charge on any atom is -0.497 e. The van der Waals surface area contributed by atoms with Crippen LogP contribution in [-0.2, 0) is 4.79 Å². The van der Waals surface area contributed by atoms with E-state index < -0.39 is 17.3 Å². The van der Waals surface area contributed by atoms with Crippen molar-refractivity contribution in [3.05, 3.63) is 48.0 Å². The lowest BCUT2D eigenvalue weighted by Gasteiger charge is -2.19. The van der Waals surface area contributed by atoms with E-state index in [2.05, 4.69) is 5.32 Å². The van der Waals surface area contributed by atoms with Gasteiger partial charge < -0.3 is 19.9 Å². The highest BCUT2D eigenvalue weighted by molar-refractivity contribution is 7.99. The number of thioether (sulfide) groups is 1. The van der Waals surface area contributed by atoms with Crippen LogP contribution in [0, 0.1) is 0 Å². The standard InChI is InChI=1S/C17H17NO4S/c1-21-11-5-3-10(4-6-11)16-15(19)17(20)18-13-9-12(22-2)7-8-14(13)23-16/h3-9,15-16,19H,1-2H3,(H,18,20)/t15-,16+/m0/s1. The van der Waals surface area contributed by atoms with Crippen molar-refractivity contribution in [2.24, 2.45) is 0 Å². The Morgan fingerprint density at radius 1 is 1.04 bits per heavy atom. The van der Waals surface area contributed by atoms with E-state index in [1.54, 1.807) is 20.3 Å². The molecule has 1 aliphatic rings. The number of carbonyl (C=O) groups is 1. The zero-order valence-corrected chi connectivity index (χ0v) is 13.6. The van der Waals surface area contributed by atoms with Crippen LogP contribution >= 0.6 is 11.8 Å². The van der Waals surface area contributed by atoms with Gasteiger partial charge in [-0.2, -0.15) is 0 Å². The van der Waals surface area contributed by atoms with Crippen LogP contribution in [0.1, 0.15) is 10.8 Å². The molecule has 1 aliphatic heterocycles. The molecule has 0 fully saturated rings. The van der Waals surface area contributed by atoms with Crippen LogP contribution in [0.3, 0.4) is 0 Å². The third-order valence-corrected chi connectivity index (χ3v) is 5.09. The number of fused-ring (bicyclic) bond motifs is 1. The molecular weight excluding hydrogens is 314 g/mol. The van der Waals surface area contributed by atoms with Crippen molar-refractivity contribution in [1.82, 2.24) is 0 Å². The number of ether oxygens (including phenoxy) is 2. The molecular formula is C17H17NO4S. The number of hydrogen-bond donors (Lipinski definition) is 2. The summed E-state index contributed by atoms with van der Waals surface area (Å²) >= 11 is 1.45. The normalized spacial score (nSPS) is 20.2. The molecule has 6 heteroatoms. The molecule has 0 aromatic heterocycles. The molecule has 2 atom stereocenters. The average molecular weight is 331 g/mol. The Kier molecular flexibility index (Phi) is 4.45. The van der Waals surface area contributed by atoms with E-state index in [-0.39, 0.29) is 0 Å². The molecule has 1 amide bonds. The van der Waals surface area contributed by atoms with Crippen molar-refractivity contribution in [2.75, 3.05) is 19.5 Å². The van der Waals surface area contributed by atoms with Gasteiger partial charge in [0, 0.05) is 11.0 Å². The first-order valence-electron chi connectivity index (χ1n) is 7.10.